The number of nitrogen functional groups attached to an aromatic ring is 1. The highest BCUT2D eigenvalue weighted by atomic mass is 32.2. The molecule has 0 saturated heterocycles. The number of Topliss-reactive ketones (excluding diaryl/α,β-unsaturated/α-hetero) is 1. The van der Waals surface area contributed by atoms with Gasteiger partial charge in [0.15, 0.2) is 10.9 Å². The highest BCUT2D eigenvalue weighted by Gasteiger charge is 2.20. The number of nitrogens with two attached hydrogens (primary N) is 1. The van der Waals surface area contributed by atoms with Crippen molar-refractivity contribution in [2.24, 2.45) is 5.92 Å². The first-order valence-electron chi connectivity index (χ1n) is 5.54. The van der Waals surface area contributed by atoms with E-state index in [0.717, 1.165) is 4.21 Å². The lowest BCUT2D eigenvalue weighted by Crippen LogP contribution is -2.44. The predicted octanol–water partition coefficient (Wildman–Crippen LogP) is 1.55. The average molecular weight is 287 g/mol. The number of aromatic nitrogens is 1. The Bertz CT molecular complexity index is 432. The van der Waals surface area contributed by atoms with Gasteiger partial charge in [0.2, 0.25) is 5.91 Å². The summed E-state index contributed by atoms with van der Waals surface area (Å²) in [4.78, 5) is 27.0. The van der Waals surface area contributed by atoms with E-state index >= 15 is 0 Å². The number of hydrogen-bond donors (Lipinski definition) is 2. The fourth-order valence-electron chi connectivity index (χ4n) is 1.43. The molecule has 18 heavy (non-hydrogen) atoms. The third-order valence-corrected chi connectivity index (χ3v) is 4.29. The molecule has 1 unspecified atom stereocenters. The third-order valence-electron chi connectivity index (χ3n) is 2.27. The van der Waals surface area contributed by atoms with E-state index in [0.29, 0.717) is 5.13 Å². The molecule has 1 atom stereocenters. The maximum absolute atomic E-state index is 11.7. The maximum Gasteiger partial charge on any atom is 0.230 e. The number of nitrogens with zero attached hydrogens (tertiary/aromatic N) is 1. The van der Waals surface area contributed by atoms with Gasteiger partial charge in [0.1, 0.15) is 0 Å². The summed E-state index contributed by atoms with van der Waals surface area (Å²) in [6.45, 7) is 5.30. The van der Waals surface area contributed by atoms with Gasteiger partial charge in [0.05, 0.1) is 22.2 Å². The molecule has 0 saturated carbocycles. The lowest BCUT2D eigenvalue weighted by Gasteiger charge is -2.19. The molecular formula is C11H17N3O2S2. The minimum Gasteiger partial charge on any atom is -0.375 e. The number of amides is 1. The van der Waals surface area contributed by atoms with Gasteiger partial charge in [-0.1, -0.05) is 25.2 Å². The molecule has 0 aliphatic rings. The zero-order chi connectivity index (χ0) is 13.7. The van der Waals surface area contributed by atoms with Crippen molar-refractivity contribution in [1.82, 2.24) is 10.3 Å². The van der Waals surface area contributed by atoms with E-state index in [9.17, 15) is 9.59 Å². The van der Waals surface area contributed by atoms with Crippen LogP contribution in [0.3, 0.4) is 0 Å². The van der Waals surface area contributed by atoms with E-state index in [1.54, 1.807) is 6.20 Å². The minimum atomic E-state index is -0.412. The van der Waals surface area contributed by atoms with Gasteiger partial charge in [-0.3, -0.25) is 9.59 Å². The number of thioether (sulfide) groups is 1. The Morgan fingerprint density at radius 3 is 2.67 bits per heavy atom. The molecule has 5 nitrogen and oxygen atoms in total. The molecule has 1 amide bonds. The standard InChI is InChI=1S/C11H17N3O2S2/c1-6(2)10(7(3)15)14-8(16)5-17-9-4-13-11(12)18-9/h4,6,10H,5H2,1-3H3,(H2,12,13)(H,14,16). The number of hydrogen-bond acceptors (Lipinski definition) is 6. The van der Waals surface area contributed by atoms with Crippen molar-refractivity contribution in [2.75, 3.05) is 11.5 Å². The van der Waals surface area contributed by atoms with Crippen molar-refractivity contribution >= 4 is 39.9 Å². The number of ketones is 1. The molecule has 0 aromatic carbocycles. The van der Waals surface area contributed by atoms with Crippen molar-refractivity contribution in [2.45, 2.75) is 31.0 Å². The van der Waals surface area contributed by atoms with Crippen LogP contribution in [0.4, 0.5) is 5.13 Å². The van der Waals surface area contributed by atoms with Crippen molar-refractivity contribution in [1.29, 1.82) is 0 Å². The van der Waals surface area contributed by atoms with Crippen molar-refractivity contribution in [3.63, 3.8) is 0 Å². The summed E-state index contributed by atoms with van der Waals surface area (Å²) in [6.07, 6.45) is 1.64. The summed E-state index contributed by atoms with van der Waals surface area (Å²) in [5.74, 6) is 0.180. The van der Waals surface area contributed by atoms with Crippen LogP contribution in [0, 0.1) is 5.92 Å². The summed E-state index contributed by atoms with van der Waals surface area (Å²) in [6, 6.07) is -0.412. The Labute approximate surface area is 115 Å². The number of carbonyl (C=O) groups excluding carboxylic acids is 2. The molecule has 1 aromatic rings. The number of rotatable bonds is 6. The summed E-state index contributed by atoms with van der Waals surface area (Å²) < 4.78 is 0.895. The van der Waals surface area contributed by atoms with Gasteiger partial charge in [-0.05, 0) is 12.8 Å². The zero-order valence-electron chi connectivity index (χ0n) is 10.6. The smallest absolute Gasteiger partial charge is 0.230 e. The monoisotopic (exact) mass is 287 g/mol. The highest BCUT2D eigenvalue weighted by Crippen LogP contribution is 2.25. The molecule has 1 aromatic heterocycles. The fraction of sp³-hybridized carbons (Fsp3) is 0.545. The normalized spacial score (nSPS) is 12.4. The Balaban J connectivity index is 2.43. The molecule has 0 aliphatic heterocycles. The lowest BCUT2D eigenvalue weighted by molar-refractivity contribution is -0.126. The van der Waals surface area contributed by atoms with Crippen LogP contribution in [-0.4, -0.2) is 28.5 Å². The Kier molecular flexibility index (Phi) is 5.61. The van der Waals surface area contributed by atoms with Crippen LogP contribution < -0.4 is 11.1 Å². The Morgan fingerprint density at radius 2 is 2.22 bits per heavy atom. The van der Waals surface area contributed by atoms with Crippen molar-refractivity contribution in [3.05, 3.63) is 6.20 Å². The van der Waals surface area contributed by atoms with Crippen molar-refractivity contribution in [3.8, 4) is 0 Å². The second kappa shape index (κ2) is 6.75. The summed E-state index contributed by atoms with van der Waals surface area (Å²) >= 11 is 2.71. The summed E-state index contributed by atoms with van der Waals surface area (Å²) in [5, 5.41) is 3.22. The zero-order valence-corrected chi connectivity index (χ0v) is 12.2. The van der Waals surface area contributed by atoms with Gasteiger partial charge < -0.3 is 11.1 Å². The molecule has 3 N–H and O–H groups in total. The van der Waals surface area contributed by atoms with Gasteiger partial charge in [-0.15, -0.1) is 11.8 Å². The van der Waals surface area contributed by atoms with Crippen LogP contribution in [-0.2, 0) is 9.59 Å². The number of carbonyl (C=O) groups is 2. The van der Waals surface area contributed by atoms with Gasteiger partial charge in [-0.2, -0.15) is 0 Å². The number of anilines is 1. The topological polar surface area (TPSA) is 85.1 Å². The largest absolute Gasteiger partial charge is 0.375 e. The lowest BCUT2D eigenvalue weighted by atomic mass is 10.0. The predicted molar refractivity (Wildman–Crippen MR) is 74.7 cm³/mol. The van der Waals surface area contributed by atoms with Crippen molar-refractivity contribution < 1.29 is 9.59 Å². The van der Waals surface area contributed by atoms with E-state index in [1.807, 2.05) is 13.8 Å². The highest BCUT2D eigenvalue weighted by molar-refractivity contribution is 8.01. The van der Waals surface area contributed by atoms with Crippen LogP contribution in [0.1, 0.15) is 20.8 Å². The van der Waals surface area contributed by atoms with Crippen LogP contribution in [0.2, 0.25) is 0 Å². The quantitative estimate of drug-likeness (QED) is 0.775. The van der Waals surface area contributed by atoms with Crippen LogP contribution in [0.25, 0.3) is 0 Å². The van der Waals surface area contributed by atoms with Gasteiger partial charge in [-0.25, -0.2) is 4.98 Å². The molecule has 0 aliphatic carbocycles. The first kappa shape index (κ1) is 15.0. The van der Waals surface area contributed by atoms with Crippen LogP contribution in [0.5, 0.6) is 0 Å². The maximum atomic E-state index is 11.7. The molecular weight excluding hydrogens is 270 g/mol. The molecule has 0 radical (unpaired) electrons. The fourth-order valence-corrected chi connectivity index (χ4v) is 3.00. The van der Waals surface area contributed by atoms with Gasteiger partial charge in [0, 0.05) is 0 Å². The van der Waals surface area contributed by atoms with Gasteiger partial charge in [0.25, 0.3) is 0 Å². The first-order chi connectivity index (χ1) is 8.40. The number of thiazole rings is 1. The van der Waals surface area contributed by atoms with Crippen LogP contribution in [0.15, 0.2) is 10.4 Å². The van der Waals surface area contributed by atoms with Crippen LogP contribution >= 0.6 is 23.1 Å². The molecule has 0 bridgehead atoms. The summed E-state index contributed by atoms with van der Waals surface area (Å²) in [5.41, 5.74) is 5.49. The summed E-state index contributed by atoms with van der Waals surface area (Å²) in [7, 11) is 0. The van der Waals surface area contributed by atoms with E-state index in [1.165, 1.54) is 30.0 Å². The molecule has 100 valence electrons. The first-order valence-corrected chi connectivity index (χ1v) is 7.34. The molecule has 1 rings (SSSR count). The van der Waals surface area contributed by atoms with E-state index in [4.69, 9.17) is 5.73 Å². The molecule has 7 heteroatoms. The van der Waals surface area contributed by atoms with E-state index in [-0.39, 0.29) is 23.4 Å². The average Bonchev–Trinajstić information content (AvgIpc) is 2.68. The molecule has 1 heterocycles. The Morgan fingerprint density at radius 1 is 1.56 bits per heavy atom. The Hall–Kier alpha value is -1.08. The SMILES string of the molecule is CC(=O)C(NC(=O)CSc1cnc(N)s1)C(C)C. The number of nitrogens with one attached hydrogen (secondary N) is 1. The van der Waals surface area contributed by atoms with E-state index < -0.39 is 6.04 Å². The molecule has 0 spiro atoms. The second-order valence-corrected chi connectivity index (χ2v) is 6.54. The van der Waals surface area contributed by atoms with E-state index in [2.05, 4.69) is 10.3 Å². The molecule has 0 fully saturated rings. The van der Waals surface area contributed by atoms with Gasteiger partial charge >= 0.3 is 0 Å². The second-order valence-electron chi connectivity index (χ2n) is 4.21. The third kappa shape index (κ3) is 4.66. The minimum absolute atomic E-state index is 0.0228.